The van der Waals surface area contributed by atoms with Crippen molar-refractivity contribution in [3.63, 3.8) is 0 Å². The lowest BCUT2D eigenvalue weighted by Crippen LogP contribution is -2.52. The first-order valence-corrected chi connectivity index (χ1v) is 7.09. The first-order valence-electron chi connectivity index (χ1n) is 6.30. The molecule has 1 aromatic rings. The summed E-state index contributed by atoms with van der Waals surface area (Å²) in [7, 11) is 1.64. The Balaban J connectivity index is 1.90. The summed E-state index contributed by atoms with van der Waals surface area (Å²) in [5.41, 5.74) is 0.483. The number of hydrogen-bond donors (Lipinski definition) is 0. The third-order valence-electron chi connectivity index (χ3n) is 3.72. The van der Waals surface area contributed by atoms with Crippen LogP contribution in [-0.2, 0) is 16.5 Å². The van der Waals surface area contributed by atoms with E-state index in [4.69, 9.17) is 9.47 Å². The quantitative estimate of drug-likeness (QED) is 0.752. The molecule has 0 aromatic carbocycles. The Hall–Kier alpha value is -0.920. The summed E-state index contributed by atoms with van der Waals surface area (Å²) < 4.78 is 13.2. The summed E-state index contributed by atoms with van der Waals surface area (Å²) in [6, 6.07) is 0. The molecule has 1 atom stereocenters. The first-order chi connectivity index (χ1) is 9.11. The second-order valence-corrected chi connectivity index (χ2v) is 5.82. The maximum Gasteiger partial charge on any atom is 0.282 e. The van der Waals surface area contributed by atoms with Crippen molar-refractivity contribution in [2.45, 2.75) is 12.0 Å². The molecule has 0 saturated carbocycles. The number of ether oxygens (including phenoxy) is 2. The fourth-order valence-corrected chi connectivity index (χ4v) is 3.21. The Labute approximate surface area is 119 Å². The van der Waals surface area contributed by atoms with Gasteiger partial charge in [0.15, 0.2) is 0 Å². The van der Waals surface area contributed by atoms with E-state index in [1.54, 1.807) is 13.2 Å². The molecular weight excluding hydrogens is 314 g/mol. The molecule has 1 unspecified atom stereocenters. The van der Waals surface area contributed by atoms with Crippen LogP contribution >= 0.6 is 15.9 Å². The van der Waals surface area contributed by atoms with Crippen molar-refractivity contribution in [3.8, 4) is 0 Å². The third-order valence-corrected chi connectivity index (χ3v) is 4.46. The van der Waals surface area contributed by atoms with E-state index in [2.05, 4.69) is 25.9 Å². The summed E-state index contributed by atoms with van der Waals surface area (Å²) in [4.78, 5) is 14.1. The van der Waals surface area contributed by atoms with Crippen LogP contribution < -0.4 is 10.5 Å². The molecule has 2 aliphatic rings. The fourth-order valence-electron chi connectivity index (χ4n) is 2.60. The lowest BCUT2D eigenvalue weighted by molar-refractivity contribution is -0.0580. The smallest absolute Gasteiger partial charge is 0.282 e. The van der Waals surface area contributed by atoms with E-state index in [9.17, 15) is 4.79 Å². The zero-order chi connectivity index (χ0) is 13.5. The summed E-state index contributed by atoms with van der Waals surface area (Å²) in [6.45, 7) is 3.50. The molecule has 0 aliphatic carbocycles. The van der Waals surface area contributed by atoms with Gasteiger partial charge in [0.1, 0.15) is 10.1 Å². The number of anilines is 1. The normalized spacial score (nSPS) is 27.2. The average molecular weight is 330 g/mol. The van der Waals surface area contributed by atoms with E-state index >= 15 is 0 Å². The van der Waals surface area contributed by atoms with Crippen molar-refractivity contribution in [1.29, 1.82) is 0 Å². The molecule has 0 amide bonds. The minimum Gasteiger partial charge on any atom is -0.378 e. The van der Waals surface area contributed by atoms with E-state index < -0.39 is 0 Å². The number of aryl methyl sites for hydroxylation is 1. The van der Waals surface area contributed by atoms with Crippen LogP contribution in [0.1, 0.15) is 6.42 Å². The Morgan fingerprint density at radius 2 is 2.32 bits per heavy atom. The summed E-state index contributed by atoms with van der Waals surface area (Å²) >= 11 is 3.38. The highest BCUT2D eigenvalue weighted by Crippen LogP contribution is 2.31. The Bertz CT molecular complexity index is 540. The second-order valence-electron chi connectivity index (χ2n) is 5.03. The maximum atomic E-state index is 11.9. The van der Waals surface area contributed by atoms with Crippen LogP contribution in [0.5, 0.6) is 0 Å². The minimum absolute atomic E-state index is 0.124. The van der Waals surface area contributed by atoms with Crippen LogP contribution in [-0.4, -0.2) is 48.3 Å². The predicted octanol–water partition coefficient (Wildman–Crippen LogP) is 0.539. The van der Waals surface area contributed by atoms with Gasteiger partial charge in [0.05, 0.1) is 25.1 Å². The molecular formula is C12H16BrN3O3. The minimum atomic E-state index is -0.223. The Kier molecular flexibility index (Phi) is 3.36. The number of morpholine rings is 1. The Morgan fingerprint density at radius 1 is 1.47 bits per heavy atom. The number of nitrogens with zero attached hydrogens (tertiary/aromatic N) is 3. The van der Waals surface area contributed by atoms with E-state index in [1.165, 1.54) is 4.68 Å². The van der Waals surface area contributed by atoms with Crippen molar-refractivity contribution < 1.29 is 9.47 Å². The van der Waals surface area contributed by atoms with Crippen LogP contribution in [0.25, 0.3) is 0 Å². The van der Waals surface area contributed by atoms with Crippen LogP contribution in [0.3, 0.4) is 0 Å². The zero-order valence-corrected chi connectivity index (χ0v) is 12.4. The highest BCUT2D eigenvalue weighted by molar-refractivity contribution is 9.10. The van der Waals surface area contributed by atoms with Crippen LogP contribution in [0.2, 0.25) is 0 Å². The molecule has 0 radical (unpaired) electrons. The van der Waals surface area contributed by atoms with Crippen LogP contribution in [0.15, 0.2) is 15.5 Å². The topological polar surface area (TPSA) is 56.6 Å². The molecule has 1 spiro atoms. The van der Waals surface area contributed by atoms with Crippen molar-refractivity contribution in [2.24, 2.45) is 7.05 Å². The van der Waals surface area contributed by atoms with Gasteiger partial charge in [0, 0.05) is 33.2 Å². The van der Waals surface area contributed by atoms with E-state index in [1.807, 2.05) is 0 Å². The monoisotopic (exact) mass is 329 g/mol. The van der Waals surface area contributed by atoms with Gasteiger partial charge in [-0.05, 0) is 15.9 Å². The molecule has 3 rings (SSSR count). The molecule has 104 valence electrons. The SMILES string of the molecule is Cn1ncc(N2CCOC3(CCOC3)C2)c(Br)c1=O. The van der Waals surface area contributed by atoms with Gasteiger partial charge >= 0.3 is 0 Å². The number of halogens is 1. The molecule has 0 N–H and O–H groups in total. The fraction of sp³-hybridized carbons (Fsp3) is 0.667. The van der Waals surface area contributed by atoms with E-state index in [0.29, 0.717) is 17.7 Å². The average Bonchev–Trinajstić information content (AvgIpc) is 2.84. The summed E-state index contributed by atoms with van der Waals surface area (Å²) in [5.74, 6) is 0. The number of hydrogen-bond acceptors (Lipinski definition) is 5. The van der Waals surface area contributed by atoms with Crippen LogP contribution in [0.4, 0.5) is 5.69 Å². The van der Waals surface area contributed by atoms with E-state index in [0.717, 1.165) is 31.8 Å². The van der Waals surface area contributed by atoms with Gasteiger partial charge in [-0.1, -0.05) is 0 Å². The van der Waals surface area contributed by atoms with Gasteiger partial charge in [-0.25, -0.2) is 4.68 Å². The molecule has 1 aromatic heterocycles. The number of aromatic nitrogens is 2. The van der Waals surface area contributed by atoms with Gasteiger partial charge in [-0.3, -0.25) is 4.79 Å². The third kappa shape index (κ3) is 2.30. The van der Waals surface area contributed by atoms with Gasteiger partial charge in [0.2, 0.25) is 0 Å². The standard InChI is InChI=1S/C12H16BrN3O3/c1-15-11(17)10(13)9(6-14-15)16-3-5-19-12(7-16)2-4-18-8-12/h6H,2-5,7-8H2,1H3. The molecule has 0 bridgehead atoms. The van der Waals surface area contributed by atoms with Crippen molar-refractivity contribution in [2.75, 3.05) is 37.8 Å². The van der Waals surface area contributed by atoms with Gasteiger partial charge < -0.3 is 14.4 Å². The molecule has 2 saturated heterocycles. The lowest BCUT2D eigenvalue weighted by atomic mass is 10.0. The molecule has 2 fully saturated rings. The highest BCUT2D eigenvalue weighted by atomic mass is 79.9. The largest absolute Gasteiger partial charge is 0.378 e. The van der Waals surface area contributed by atoms with Crippen molar-refractivity contribution >= 4 is 21.6 Å². The van der Waals surface area contributed by atoms with Gasteiger partial charge in [0.25, 0.3) is 5.56 Å². The lowest BCUT2D eigenvalue weighted by Gasteiger charge is -2.40. The van der Waals surface area contributed by atoms with Crippen molar-refractivity contribution in [1.82, 2.24) is 9.78 Å². The summed E-state index contributed by atoms with van der Waals surface area (Å²) in [6.07, 6.45) is 2.62. The first kappa shape index (κ1) is 13.1. The molecule has 19 heavy (non-hydrogen) atoms. The number of rotatable bonds is 1. The zero-order valence-electron chi connectivity index (χ0n) is 10.8. The molecule has 2 aliphatic heterocycles. The Morgan fingerprint density at radius 3 is 3.05 bits per heavy atom. The van der Waals surface area contributed by atoms with Gasteiger partial charge in [-0.2, -0.15) is 5.10 Å². The second kappa shape index (κ2) is 4.88. The van der Waals surface area contributed by atoms with Crippen LogP contribution in [0, 0.1) is 0 Å². The highest BCUT2D eigenvalue weighted by Gasteiger charge is 2.41. The molecule has 6 nitrogen and oxygen atoms in total. The van der Waals surface area contributed by atoms with Gasteiger partial charge in [-0.15, -0.1) is 0 Å². The molecule has 3 heterocycles. The predicted molar refractivity (Wildman–Crippen MR) is 73.5 cm³/mol. The molecule has 7 heteroatoms. The van der Waals surface area contributed by atoms with Crippen molar-refractivity contribution in [3.05, 3.63) is 21.0 Å². The summed E-state index contributed by atoms with van der Waals surface area (Å²) in [5, 5.41) is 4.09. The van der Waals surface area contributed by atoms with E-state index in [-0.39, 0.29) is 11.2 Å². The maximum absolute atomic E-state index is 11.9.